The van der Waals surface area contributed by atoms with Crippen LogP contribution in [-0.4, -0.2) is 58.8 Å². The molecule has 0 aromatic carbocycles. The summed E-state index contributed by atoms with van der Waals surface area (Å²) in [6.45, 7) is 9.67. The van der Waals surface area contributed by atoms with Crippen LogP contribution in [0.25, 0.3) is 0 Å². The van der Waals surface area contributed by atoms with E-state index in [4.69, 9.17) is 9.26 Å². The molecule has 1 aliphatic carbocycles. The minimum absolute atomic E-state index is 0.104. The molecule has 1 fully saturated rings. The number of hydrogen-bond acceptors (Lipinski definition) is 6. The highest BCUT2D eigenvalue weighted by Crippen LogP contribution is 2.19. The van der Waals surface area contributed by atoms with Crippen LogP contribution in [0.2, 0.25) is 0 Å². The molecule has 1 saturated heterocycles. The summed E-state index contributed by atoms with van der Waals surface area (Å²) in [4.78, 5) is 9.46. The third-order valence-electron chi connectivity index (χ3n) is 4.73. The van der Waals surface area contributed by atoms with Gasteiger partial charge >= 0.3 is 0 Å². The van der Waals surface area contributed by atoms with E-state index in [-0.39, 0.29) is 6.10 Å². The summed E-state index contributed by atoms with van der Waals surface area (Å²) in [6.07, 6.45) is 8.49. The summed E-state index contributed by atoms with van der Waals surface area (Å²) in [5.74, 6) is 1.34. The van der Waals surface area contributed by atoms with Gasteiger partial charge in [0.15, 0.2) is 5.82 Å². The molecule has 2 atom stereocenters. The first-order valence-electron chi connectivity index (χ1n) is 8.83. The molecule has 1 aromatic rings. The van der Waals surface area contributed by atoms with Crippen LogP contribution in [0.4, 0.5) is 0 Å². The van der Waals surface area contributed by atoms with Gasteiger partial charge in [-0.05, 0) is 33.1 Å². The van der Waals surface area contributed by atoms with Crippen molar-refractivity contribution in [1.29, 1.82) is 0 Å². The molecule has 0 N–H and O–H groups in total. The van der Waals surface area contributed by atoms with Gasteiger partial charge in [-0.15, -0.1) is 0 Å². The van der Waals surface area contributed by atoms with E-state index in [1.807, 2.05) is 13.8 Å². The quantitative estimate of drug-likeness (QED) is 0.750. The zero-order valence-electron chi connectivity index (χ0n) is 14.3. The average molecular weight is 320 g/mol. The molecule has 2 aliphatic rings. The van der Waals surface area contributed by atoms with E-state index < -0.39 is 0 Å². The Bertz CT molecular complexity index is 508. The molecule has 0 radical (unpaired) electrons. The Morgan fingerprint density at radius 2 is 2.17 bits per heavy atom. The van der Waals surface area contributed by atoms with Crippen molar-refractivity contribution in [3.63, 3.8) is 0 Å². The molecule has 0 spiro atoms. The van der Waals surface area contributed by atoms with Crippen LogP contribution in [-0.2, 0) is 11.3 Å². The number of aromatic nitrogens is 2. The first-order valence-corrected chi connectivity index (χ1v) is 8.83. The van der Waals surface area contributed by atoms with Crippen LogP contribution in [0.15, 0.2) is 16.7 Å². The fourth-order valence-corrected chi connectivity index (χ4v) is 3.36. The molecule has 23 heavy (non-hydrogen) atoms. The molecule has 3 rings (SSSR count). The molecule has 0 unspecified atom stereocenters. The molecule has 6 nitrogen and oxygen atoms in total. The molecular weight excluding hydrogens is 292 g/mol. The Morgan fingerprint density at radius 1 is 1.35 bits per heavy atom. The van der Waals surface area contributed by atoms with Crippen molar-refractivity contribution in [2.75, 3.05) is 32.8 Å². The molecule has 0 amide bonds. The molecule has 0 saturated carbocycles. The van der Waals surface area contributed by atoms with E-state index in [2.05, 4.69) is 32.1 Å². The van der Waals surface area contributed by atoms with E-state index in [9.17, 15) is 0 Å². The lowest BCUT2D eigenvalue weighted by atomic mass is 10.0. The van der Waals surface area contributed by atoms with E-state index >= 15 is 0 Å². The van der Waals surface area contributed by atoms with Crippen molar-refractivity contribution in [3.8, 4) is 0 Å². The number of ether oxygens (including phenoxy) is 1. The van der Waals surface area contributed by atoms with Gasteiger partial charge in [-0.2, -0.15) is 4.98 Å². The van der Waals surface area contributed by atoms with Crippen molar-refractivity contribution < 1.29 is 9.26 Å². The lowest BCUT2D eigenvalue weighted by molar-refractivity contribution is 0.0683. The van der Waals surface area contributed by atoms with E-state index in [1.165, 1.54) is 19.3 Å². The first kappa shape index (κ1) is 16.6. The van der Waals surface area contributed by atoms with Gasteiger partial charge in [0.1, 0.15) is 6.10 Å². The van der Waals surface area contributed by atoms with Crippen LogP contribution in [0.1, 0.15) is 50.9 Å². The normalized spacial score (nSPS) is 24.9. The van der Waals surface area contributed by atoms with Crippen molar-refractivity contribution in [2.24, 2.45) is 0 Å². The second-order valence-corrected chi connectivity index (χ2v) is 6.38. The third kappa shape index (κ3) is 4.40. The number of piperazine rings is 1. The minimum Gasteiger partial charge on any atom is -0.371 e. The minimum atomic E-state index is -0.104. The summed E-state index contributed by atoms with van der Waals surface area (Å²) in [5.41, 5.74) is 0. The molecule has 1 aromatic heterocycles. The Balaban J connectivity index is 1.47. The lowest BCUT2D eigenvalue weighted by Gasteiger charge is -2.38. The average Bonchev–Trinajstić information content (AvgIpc) is 3.05. The highest BCUT2D eigenvalue weighted by molar-refractivity contribution is 4.99. The molecule has 1 aliphatic heterocycles. The maximum absolute atomic E-state index is 5.50. The van der Waals surface area contributed by atoms with Crippen LogP contribution in [0.3, 0.4) is 0 Å². The number of allylic oxidation sites excluding steroid dienone is 1. The largest absolute Gasteiger partial charge is 0.371 e. The Labute approximate surface area is 138 Å². The summed E-state index contributed by atoms with van der Waals surface area (Å²) in [6, 6.07) is 0.646. The fourth-order valence-electron chi connectivity index (χ4n) is 3.36. The van der Waals surface area contributed by atoms with Crippen LogP contribution >= 0.6 is 0 Å². The SMILES string of the molecule is CCO[C@@H](C)c1noc(CN2CCN([C@H]3C=CCCC3)CC2)n1. The Kier molecular flexibility index (Phi) is 5.80. The molecule has 0 bridgehead atoms. The van der Waals surface area contributed by atoms with Gasteiger partial charge in [0.05, 0.1) is 6.54 Å². The topological polar surface area (TPSA) is 54.6 Å². The van der Waals surface area contributed by atoms with Crippen LogP contribution in [0, 0.1) is 0 Å². The standard InChI is InChI=1S/C17H28N4O2/c1-3-22-14(2)17-18-16(23-19-17)13-20-9-11-21(12-10-20)15-7-5-4-6-8-15/h5,7,14-15H,3-4,6,8-13H2,1-2H3/t14-,15-/m0/s1. The smallest absolute Gasteiger partial charge is 0.240 e. The monoisotopic (exact) mass is 320 g/mol. The highest BCUT2D eigenvalue weighted by atomic mass is 16.5. The van der Waals surface area contributed by atoms with Gasteiger partial charge in [0.25, 0.3) is 0 Å². The van der Waals surface area contributed by atoms with Gasteiger partial charge in [0.2, 0.25) is 5.89 Å². The summed E-state index contributed by atoms with van der Waals surface area (Å²) >= 11 is 0. The van der Waals surface area contributed by atoms with E-state index in [1.54, 1.807) is 0 Å². The van der Waals surface area contributed by atoms with Gasteiger partial charge in [-0.25, -0.2) is 0 Å². The van der Waals surface area contributed by atoms with Crippen LogP contribution in [0.5, 0.6) is 0 Å². The zero-order valence-corrected chi connectivity index (χ0v) is 14.3. The van der Waals surface area contributed by atoms with Gasteiger partial charge in [-0.1, -0.05) is 17.3 Å². The van der Waals surface area contributed by atoms with E-state index in [0.29, 0.717) is 24.4 Å². The summed E-state index contributed by atoms with van der Waals surface area (Å²) in [5, 5.41) is 4.03. The van der Waals surface area contributed by atoms with Gasteiger partial charge in [-0.3, -0.25) is 9.80 Å². The van der Waals surface area contributed by atoms with Crippen molar-refractivity contribution in [2.45, 2.75) is 51.8 Å². The molecule has 2 heterocycles. The second kappa shape index (κ2) is 8.04. The fraction of sp³-hybridized carbons (Fsp3) is 0.765. The van der Waals surface area contributed by atoms with Crippen molar-refractivity contribution >= 4 is 0 Å². The Morgan fingerprint density at radius 3 is 2.87 bits per heavy atom. The van der Waals surface area contributed by atoms with Gasteiger partial charge < -0.3 is 9.26 Å². The predicted octanol–water partition coefficient (Wildman–Crippen LogP) is 2.39. The van der Waals surface area contributed by atoms with Gasteiger partial charge in [0, 0.05) is 38.8 Å². The number of hydrogen-bond donors (Lipinski definition) is 0. The highest BCUT2D eigenvalue weighted by Gasteiger charge is 2.24. The van der Waals surface area contributed by atoms with Crippen molar-refractivity contribution in [3.05, 3.63) is 23.9 Å². The Hall–Kier alpha value is -1.24. The third-order valence-corrected chi connectivity index (χ3v) is 4.73. The second-order valence-electron chi connectivity index (χ2n) is 6.38. The maximum atomic E-state index is 5.50. The summed E-state index contributed by atoms with van der Waals surface area (Å²) in [7, 11) is 0. The molecule has 128 valence electrons. The number of rotatable bonds is 6. The first-order chi connectivity index (χ1) is 11.3. The summed E-state index contributed by atoms with van der Waals surface area (Å²) < 4.78 is 10.9. The number of nitrogens with zero attached hydrogens (tertiary/aromatic N) is 4. The zero-order chi connectivity index (χ0) is 16.1. The van der Waals surface area contributed by atoms with E-state index in [0.717, 1.165) is 32.7 Å². The van der Waals surface area contributed by atoms with Crippen molar-refractivity contribution in [1.82, 2.24) is 19.9 Å². The molecule has 6 heteroatoms. The lowest BCUT2D eigenvalue weighted by Crippen LogP contribution is -2.49. The predicted molar refractivity (Wildman–Crippen MR) is 88.0 cm³/mol. The van der Waals surface area contributed by atoms with Crippen LogP contribution < -0.4 is 0 Å². The molecular formula is C17H28N4O2. The maximum Gasteiger partial charge on any atom is 0.240 e.